The summed E-state index contributed by atoms with van der Waals surface area (Å²) in [5.74, 6) is 1.22. The normalized spacial score (nSPS) is 16.8. The second-order valence-electron chi connectivity index (χ2n) is 7.66. The minimum atomic E-state index is -3.84. The van der Waals surface area contributed by atoms with Crippen LogP contribution in [0.3, 0.4) is 0 Å². The summed E-state index contributed by atoms with van der Waals surface area (Å²) < 4.78 is 32.7. The van der Waals surface area contributed by atoms with Crippen LogP contribution in [0.5, 0.6) is 0 Å². The fraction of sp³-hybridized carbons (Fsp3) is 0.429. The van der Waals surface area contributed by atoms with E-state index in [1.807, 2.05) is 0 Å². The predicted molar refractivity (Wildman–Crippen MR) is 116 cm³/mol. The molecule has 1 aliphatic heterocycles. The summed E-state index contributed by atoms with van der Waals surface area (Å²) in [5, 5.41) is 0. The SMILES string of the molecule is CCC1(CC)CN(c2nc(C)nc3c(S(=O)(=O)c4ccccc4)c(N)[nH]c23)CCO1. The number of benzene rings is 1. The number of sulfone groups is 1. The second kappa shape index (κ2) is 7.55. The molecule has 30 heavy (non-hydrogen) atoms. The molecular formula is C21H27N5O3S. The molecule has 0 spiro atoms. The lowest BCUT2D eigenvalue weighted by atomic mass is 9.95. The largest absolute Gasteiger partial charge is 0.384 e. The van der Waals surface area contributed by atoms with Gasteiger partial charge in [-0.1, -0.05) is 32.0 Å². The van der Waals surface area contributed by atoms with E-state index in [1.54, 1.807) is 37.3 Å². The van der Waals surface area contributed by atoms with E-state index in [0.29, 0.717) is 42.4 Å². The van der Waals surface area contributed by atoms with Crippen LogP contribution in [0.25, 0.3) is 11.0 Å². The first-order valence-corrected chi connectivity index (χ1v) is 11.6. The minimum Gasteiger partial charge on any atom is -0.384 e. The highest BCUT2D eigenvalue weighted by molar-refractivity contribution is 7.92. The van der Waals surface area contributed by atoms with E-state index < -0.39 is 9.84 Å². The first kappa shape index (κ1) is 20.6. The van der Waals surface area contributed by atoms with Crippen LogP contribution in [0.1, 0.15) is 32.5 Å². The van der Waals surface area contributed by atoms with Gasteiger partial charge in [0.15, 0.2) is 5.82 Å². The molecule has 1 fully saturated rings. The number of nitrogens with one attached hydrogen (secondary N) is 1. The van der Waals surface area contributed by atoms with Gasteiger partial charge in [0.25, 0.3) is 0 Å². The monoisotopic (exact) mass is 429 g/mol. The van der Waals surface area contributed by atoms with Gasteiger partial charge >= 0.3 is 0 Å². The van der Waals surface area contributed by atoms with E-state index in [9.17, 15) is 8.42 Å². The highest BCUT2D eigenvalue weighted by Crippen LogP contribution is 2.37. The molecular weight excluding hydrogens is 402 g/mol. The molecule has 3 heterocycles. The van der Waals surface area contributed by atoms with Gasteiger partial charge in [0.05, 0.1) is 17.1 Å². The first-order chi connectivity index (χ1) is 14.3. The van der Waals surface area contributed by atoms with Gasteiger partial charge in [-0.3, -0.25) is 0 Å². The number of hydrogen-bond acceptors (Lipinski definition) is 7. The Balaban J connectivity index is 1.88. The van der Waals surface area contributed by atoms with Gasteiger partial charge in [0.2, 0.25) is 9.84 Å². The van der Waals surface area contributed by atoms with E-state index in [4.69, 9.17) is 10.5 Å². The number of aryl methyl sites for hydroxylation is 1. The number of hydrogen-bond donors (Lipinski definition) is 2. The molecule has 3 N–H and O–H groups in total. The highest BCUT2D eigenvalue weighted by Gasteiger charge is 2.36. The summed E-state index contributed by atoms with van der Waals surface area (Å²) in [4.78, 5) is 14.5. The summed E-state index contributed by atoms with van der Waals surface area (Å²) in [7, 11) is -3.84. The molecule has 9 heteroatoms. The van der Waals surface area contributed by atoms with Crippen molar-refractivity contribution in [1.82, 2.24) is 15.0 Å². The number of nitrogen functional groups attached to an aromatic ring is 1. The molecule has 0 bridgehead atoms. The number of H-pyrrole nitrogens is 1. The number of fused-ring (bicyclic) bond motifs is 1. The van der Waals surface area contributed by atoms with Crippen LogP contribution in [0.4, 0.5) is 11.6 Å². The average molecular weight is 430 g/mol. The van der Waals surface area contributed by atoms with Gasteiger partial charge < -0.3 is 20.4 Å². The third-order valence-electron chi connectivity index (χ3n) is 5.88. The summed E-state index contributed by atoms with van der Waals surface area (Å²) in [5.41, 5.74) is 6.80. The van der Waals surface area contributed by atoms with Crippen LogP contribution < -0.4 is 10.6 Å². The average Bonchev–Trinajstić information content (AvgIpc) is 3.10. The minimum absolute atomic E-state index is 0.000885. The zero-order valence-corrected chi connectivity index (χ0v) is 18.3. The number of aromatic nitrogens is 3. The molecule has 0 amide bonds. The predicted octanol–water partition coefficient (Wildman–Crippen LogP) is 3.08. The first-order valence-electron chi connectivity index (χ1n) is 10.2. The number of morpholine rings is 1. The van der Waals surface area contributed by atoms with Crippen molar-refractivity contribution in [3.63, 3.8) is 0 Å². The quantitative estimate of drug-likeness (QED) is 0.640. The molecule has 1 aliphatic rings. The second-order valence-corrected chi connectivity index (χ2v) is 9.55. The molecule has 1 saturated heterocycles. The topological polar surface area (TPSA) is 114 Å². The Morgan fingerprint density at radius 3 is 2.57 bits per heavy atom. The van der Waals surface area contributed by atoms with E-state index in [-0.39, 0.29) is 21.2 Å². The summed E-state index contributed by atoms with van der Waals surface area (Å²) in [6, 6.07) is 8.26. The lowest BCUT2D eigenvalue weighted by Crippen LogP contribution is -2.51. The lowest BCUT2D eigenvalue weighted by molar-refractivity contribution is -0.0606. The molecule has 0 aliphatic carbocycles. The van der Waals surface area contributed by atoms with Crippen LogP contribution in [0.2, 0.25) is 0 Å². The van der Waals surface area contributed by atoms with Gasteiger partial charge in [0.1, 0.15) is 27.6 Å². The number of nitrogens with zero attached hydrogens (tertiary/aromatic N) is 3. The Labute approximate surface area is 176 Å². The maximum atomic E-state index is 13.3. The third-order valence-corrected chi connectivity index (χ3v) is 7.72. The summed E-state index contributed by atoms with van der Waals surface area (Å²) in [6.07, 6.45) is 1.77. The van der Waals surface area contributed by atoms with Crippen molar-refractivity contribution in [2.45, 2.75) is 49.0 Å². The van der Waals surface area contributed by atoms with E-state index >= 15 is 0 Å². The van der Waals surface area contributed by atoms with Crippen molar-refractivity contribution in [3.8, 4) is 0 Å². The molecule has 0 unspecified atom stereocenters. The van der Waals surface area contributed by atoms with Crippen LogP contribution in [0.15, 0.2) is 40.1 Å². The van der Waals surface area contributed by atoms with Crippen LogP contribution in [0, 0.1) is 6.92 Å². The standard InChI is InChI=1S/C21H27N5O3S/c1-4-21(5-2)13-26(11-12-29-21)20-17-16(23-14(3)24-20)18(19(22)25-17)30(27,28)15-9-7-6-8-10-15/h6-10,25H,4-5,11-13,22H2,1-3H3. The Morgan fingerprint density at radius 2 is 1.90 bits per heavy atom. The van der Waals surface area contributed by atoms with Crippen molar-refractivity contribution in [3.05, 3.63) is 36.2 Å². The van der Waals surface area contributed by atoms with Crippen LogP contribution >= 0.6 is 0 Å². The molecule has 3 aromatic rings. The molecule has 1 aromatic carbocycles. The van der Waals surface area contributed by atoms with Crippen molar-refractivity contribution in [2.24, 2.45) is 0 Å². The maximum Gasteiger partial charge on any atom is 0.212 e. The highest BCUT2D eigenvalue weighted by atomic mass is 32.2. The van der Waals surface area contributed by atoms with Gasteiger partial charge in [-0.15, -0.1) is 0 Å². The number of anilines is 2. The zero-order chi connectivity index (χ0) is 21.5. The Morgan fingerprint density at radius 1 is 1.20 bits per heavy atom. The molecule has 0 saturated carbocycles. The molecule has 2 aromatic heterocycles. The maximum absolute atomic E-state index is 13.3. The third kappa shape index (κ3) is 3.31. The van der Waals surface area contributed by atoms with Crippen molar-refractivity contribution >= 4 is 32.5 Å². The van der Waals surface area contributed by atoms with Gasteiger partial charge in [-0.05, 0) is 31.9 Å². The molecule has 8 nitrogen and oxygen atoms in total. The number of rotatable bonds is 5. The van der Waals surface area contributed by atoms with Gasteiger partial charge in [-0.25, -0.2) is 18.4 Å². The van der Waals surface area contributed by atoms with Crippen molar-refractivity contribution in [2.75, 3.05) is 30.3 Å². The Hall–Kier alpha value is -2.65. The van der Waals surface area contributed by atoms with Crippen LogP contribution in [-0.2, 0) is 14.6 Å². The summed E-state index contributed by atoms with van der Waals surface area (Å²) in [6.45, 7) is 7.91. The van der Waals surface area contributed by atoms with E-state index in [1.165, 1.54) is 0 Å². The Kier molecular flexibility index (Phi) is 5.19. The lowest BCUT2D eigenvalue weighted by Gasteiger charge is -2.42. The molecule has 160 valence electrons. The van der Waals surface area contributed by atoms with Gasteiger partial charge in [-0.2, -0.15) is 0 Å². The molecule has 4 rings (SSSR count). The molecule has 0 atom stereocenters. The zero-order valence-electron chi connectivity index (χ0n) is 17.5. The smallest absolute Gasteiger partial charge is 0.212 e. The summed E-state index contributed by atoms with van der Waals surface area (Å²) >= 11 is 0. The van der Waals surface area contributed by atoms with E-state index in [2.05, 4.69) is 33.7 Å². The fourth-order valence-electron chi connectivity index (χ4n) is 4.08. The van der Waals surface area contributed by atoms with Crippen molar-refractivity contribution in [1.29, 1.82) is 0 Å². The van der Waals surface area contributed by atoms with Crippen LogP contribution in [-0.4, -0.2) is 48.7 Å². The number of aromatic amines is 1. The Bertz CT molecular complexity index is 1170. The van der Waals surface area contributed by atoms with Crippen molar-refractivity contribution < 1.29 is 13.2 Å². The number of nitrogens with two attached hydrogens (primary N) is 1. The number of ether oxygens (including phenoxy) is 1. The van der Waals surface area contributed by atoms with E-state index in [0.717, 1.165) is 12.8 Å². The molecule has 0 radical (unpaired) electrons. The fourth-order valence-corrected chi connectivity index (χ4v) is 5.57. The van der Waals surface area contributed by atoms with Gasteiger partial charge in [0, 0.05) is 13.1 Å².